The van der Waals surface area contributed by atoms with Crippen LogP contribution in [0.15, 0.2) is 176 Å². The van der Waals surface area contributed by atoms with Gasteiger partial charge in [0, 0.05) is 45.1 Å². The Kier molecular flexibility index (Phi) is 6.56. The molecule has 234 valence electrons. The number of hydrogen-bond donors (Lipinski definition) is 0. The first-order chi connectivity index (χ1) is 24.8. The quantitative estimate of drug-likeness (QED) is 0.188. The number of benzene rings is 7. The zero-order valence-electron chi connectivity index (χ0n) is 27.3. The predicted molar refractivity (Wildman–Crippen MR) is 206 cm³/mol. The molecule has 0 saturated heterocycles. The Morgan fingerprint density at radius 3 is 1.66 bits per heavy atom. The number of nitrogens with zero attached hydrogens (tertiary/aromatic N) is 3. The second-order valence-electron chi connectivity index (χ2n) is 13.0. The van der Waals surface area contributed by atoms with Crippen molar-refractivity contribution in [1.29, 1.82) is 0 Å². The molecule has 0 aliphatic heterocycles. The van der Waals surface area contributed by atoms with Gasteiger partial charge in [0.2, 0.25) is 0 Å². The fourth-order valence-electron chi connectivity index (χ4n) is 7.65. The number of rotatable bonds is 5. The molecule has 1 aliphatic rings. The average Bonchev–Trinajstić information content (AvgIpc) is 3.74. The maximum absolute atomic E-state index is 5.23. The van der Waals surface area contributed by atoms with Crippen LogP contribution in [-0.4, -0.2) is 14.5 Å². The van der Waals surface area contributed by atoms with E-state index in [1.54, 1.807) is 0 Å². The Hall–Kier alpha value is -6.58. The molecule has 10 rings (SSSR count). The number of hydrogen-bond acceptors (Lipinski definition) is 2. The fourth-order valence-corrected chi connectivity index (χ4v) is 7.65. The van der Waals surface area contributed by atoms with Crippen molar-refractivity contribution in [1.82, 2.24) is 14.5 Å². The number of fused-ring (bicyclic) bond motifs is 6. The molecule has 7 aromatic carbocycles. The molecule has 0 fully saturated rings. The van der Waals surface area contributed by atoms with Gasteiger partial charge in [-0.1, -0.05) is 152 Å². The summed E-state index contributed by atoms with van der Waals surface area (Å²) >= 11 is 0. The predicted octanol–water partition coefficient (Wildman–Crippen LogP) is 11.8. The summed E-state index contributed by atoms with van der Waals surface area (Å²) in [5.41, 5.74) is 16.2. The Balaban J connectivity index is 1.07. The molecule has 1 aliphatic carbocycles. The molecule has 0 radical (unpaired) electrons. The summed E-state index contributed by atoms with van der Waals surface area (Å²) in [6.07, 6.45) is 0.788. The second kappa shape index (κ2) is 11.5. The highest BCUT2D eigenvalue weighted by Crippen LogP contribution is 2.43. The molecule has 3 heteroatoms. The van der Waals surface area contributed by atoms with Crippen LogP contribution >= 0.6 is 0 Å². The molecule has 0 N–H and O–H groups in total. The van der Waals surface area contributed by atoms with Crippen molar-refractivity contribution in [2.75, 3.05) is 0 Å². The third-order valence-corrected chi connectivity index (χ3v) is 10.0. The van der Waals surface area contributed by atoms with Crippen LogP contribution in [0.5, 0.6) is 0 Å². The minimum atomic E-state index is 0.752. The van der Waals surface area contributed by atoms with Crippen molar-refractivity contribution < 1.29 is 0 Å². The zero-order valence-corrected chi connectivity index (χ0v) is 27.3. The molecule has 0 unspecified atom stereocenters. The van der Waals surface area contributed by atoms with Crippen LogP contribution in [0.3, 0.4) is 0 Å². The van der Waals surface area contributed by atoms with Gasteiger partial charge in [0.05, 0.1) is 22.4 Å². The Labute approximate surface area is 290 Å². The molecular weight excluding hydrogens is 607 g/mol. The summed E-state index contributed by atoms with van der Waals surface area (Å²) in [5, 5.41) is 2.54. The molecule has 0 spiro atoms. The average molecular weight is 638 g/mol. The first-order valence-corrected chi connectivity index (χ1v) is 17.1. The van der Waals surface area contributed by atoms with Crippen molar-refractivity contribution in [2.24, 2.45) is 0 Å². The minimum Gasteiger partial charge on any atom is -0.309 e. The van der Waals surface area contributed by atoms with Crippen molar-refractivity contribution in [2.45, 2.75) is 6.42 Å². The van der Waals surface area contributed by atoms with Crippen molar-refractivity contribution in [3.05, 3.63) is 187 Å². The van der Waals surface area contributed by atoms with Crippen molar-refractivity contribution in [3.63, 3.8) is 0 Å². The molecule has 3 nitrogen and oxygen atoms in total. The third kappa shape index (κ3) is 4.67. The molecule has 0 bridgehead atoms. The van der Waals surface area contributed by atoms with E-state index in [-0.39, 0.29) is 0 Å². The van der Waals surface area contributed by atoms with Crippen LogP contribution in [0.25, 0.3) is 83.6 Å². The van der Waals surface area contributed by atoms with Crippen LogP contribution in [0.4, 0.5) is 0 Å². The monoisotopic (exact) mass is 637 g/mol. The first-order valence-electron chi connectivity index (χ1n) is 17.1. The van der Waals surface area contributed by atoms with Gasteiger partial charge in [0.15, 0.2) is 5.82 Å². The highest BCUT2D eigenvalue weighted by molar-refractivity contribution is 6.09. The minimum absolute atomic E-state index is 0.752. The van der Waals surface area contributed by atoms with Crippen LogP contribution in [0, 0.1) is 0 Å². The van der Waals surface area contributed by atoms with Gasteiger partial charge in [0.1, 0.15) is 0 Å². The molecule has 0 saturated carbocycles. The summed E-state index contributed by atoms with van der Waals surface area (Å²) in [4.78, 5) is 10.4. The Morgan fingerprint density at radius 1 is 0.400 bits per heavy atom. The molecule has 9 aromatic rings. The highest BCUT2D eigenvalue weighted by Gasteiger charge is 2.26. The van der Waals surface area contributed by atoms with Crippen LogP contribution in [0.1, 0.15) is 11.1 Å². The summed E-state index contributed by atoms with van der Waals surface area (Å²) in [7, 11) is 0. The molecular formula is C47H31N3. The van der Waals surface area contributed by atoms with E-state index in [2.05, 4.69) is 162 Å². The van der Waals surface area contributed by atoms with Gasteiger partial charge >= 0.3 is 0 Å². The second-order valence-corrected chi connectivity index (χ2v) is 13.0. The zero-order chi connectivity index (χ0) is 33.0. The van der Waals surface area contributed by atoms with Crippen molar-refractivity contribution in [3.8, 4) is 61.8 Å². The van der Waals surface area contributed by atoms with E-state index < -0.39 is 0 Å². The van der Waals surface area contributed by atoms with Gasteiger partial charge in [-0.15, -0.1) is 0 Å². The van der Waals surface area contributed by atoms with E-state index in [1.165, 1.54) is 60.8 Å². The normalized spacial score (nSPS) is 11.9. The lowest BCUT2D eigenvalue weighted by Gasteiger charge is -2.12. The maximum Gasteiger partial charge on any atom is 0.160 e. The first kappa shape index (κ1) is 28.4. The van der Waals surface area contributed by atoms with E-state index in [0.29, 0.717) is 0 Å². The van der Waals surface area contributed by atoms with Gasteiger partial charge in [-0.3, -0.25) is 0 Å². The van der Waals surface area contributed by atoms with E-state index >= 15 is 0 Å². The van der Waals surface area contributed by atoms with Crippen LogP contribution in [0.2, 0.25) is 0 Å². The molecule has 50 heavy (non-hydrogen) atoms. The SMILES string of the molecule is c1ccc(-c2ccc(-c3nc(-c4ccccc4)nc4c3Cc3cc(-c5cccc(-n6c7ccccc7c7ccccc76)c5)ccc3-4)cc2)cc1. The molecule has 0 atom stereocenters. The summed E-state index contributed by atoms with van der Waals surface area (Å²) in [6.45, 7) is 0. The lowest BCUT2D eigenvalue weighted by atomic mass is 9.99. The van der Waals surface area contributed by atoms with E-state index in [0.717, 1.165) is 40.4 Å². The van der Waals surface area contributed by atoms with Gasteiger partial charge in [-0.2, -0.15) is 0 Å². The molecule has 2 aromatic heterocycles. The van der Waals surface area contributed by atoms with Gasteiger partial charge in [0.25, 0.3) is 0 Å². The Bertz CT molecular complexity index is 2650. The smallest absolute Gasteiger partial charge is 0.160 e. The number of aromatic nitrogens is 3. The summed E-state index contributed by atoms with van der Waals surface area (Å²) in [6, 6.07) is 62.8. The van der Waals surface area contributed by atoms with Gasteiger partial charge in [-0.05, 0) is 52.1 Å². The van der Waals surface area contributed by atoms with E-state index in [1.807, 2.05) is 18.2 Å². The lowest BCUT2D eigenvalue weighted by Crippen LogP contribution is -1.99. The topological polar surface area (TPSA) is 30.7 Å². The summed E-state index contributed by atoms with van der Waals surface area (Å²) in [5.74, 6) is 0.752. The standard InChI is InChI=1S/C47H31N3/c1-3-12-31(13-4-1)32-22-24-33(25-23-32)45-42-30-37-28-36(26-27-39(37)46(42)49-47(48-45)34-14-5-2-6-15-34)35-16-11-17-38(29-35)50-43-20-9-7-18-40(43)41-19-8-10-21-44(41)50/h1-29H,30H2. The van der Waals surface area contributed by atoms with E-state index in [9.17, 15) is 0 Å². The molecule has 2 heterocycles. The van der Waals surface area contributed by atoms with Crippen molar-refractivity contribution >= 4 is 21.8 Å². The third-order valence-electron chi connectivity index (χ3n) is 10.0. The largest absolute Gasteiger partial charge is 0.309 e. The highest BCUT2D eigenvalue weighted by atomic mass is 15.0. The summed E-state index contributed by atoms with van der Waals surface area (Å²) < 4.78 is 2.38. The number of para-hydroxylation sites is 2. The van der Waals surface area contributed by atoms with Crippen LogP contribution < -0.4 is 0 Å². The van der Waals surface area contributed by atoms with Gasteiger partial charge in [-0.25, -0.2) is 9.97 Å². The van der Waals surface area contributed by atoms with Gasteiger partial charge < -0.3 is 4.57 Å². The fraction of sp³-hybridized carbons (Fsp3) is 0.0213. The maximum atomic E-state index is 5.23. The Morgan fingerprint density at radius 2 is 0.940 bits per heavy atom. The van der Waals surface area contributed by atoms with Crippen LogP contribution in [-0.2, 0) is 6.42 Å². The van der Waals surface area contributed by atoms with E-state index in [4.69, 9.17) is 9.97 Å². The molecule has 0 amide bonds. The lowest BCUT2D eigenvalue weighted by molar-refractivity contribution is 1.13.